The number of ether oxygens (including phenoxy) is 1. The summed E-state index contributed by atoms with van der Waals surface area (Å²) in [6, 6.07) is 0. The molecule has 0 amide bonds. The van der Waals surface area contributed by atoms with E-state index in [0.717, 1.165) is 12.8 Å². The van der Waals surface area contributed by atoms with Crippen molar-refractivity contribution in [1.29, 1.82) is 0 Å². The maximum atomic E-state index is 11.5. The maximum Gasteiger partial charge on any atom is 0.335 e. The van der Waals surface area contributed by atoms with E-state index in [-0.39, 0.29) is 6.10 Å². The minimum Gasteiger partial charge on any atom is -0.461 e. The highest BCUT2D eigenvalue weighted by Crippen LogP contribution is 2.15. The van der Waals surface area contributed by atoms with Crippen LogP contribution in [0.2, 0.25) is 0 Å². The van der Waals surface area contributed by atoms with Gasteiger partial charge in [-0.3, -0.25) is 0 Å². The number of rotatable bonds is 23. The Balaban J connectivity index is 3.15. The molecule has 0 aliphatic rings. The maximum absolute atomic E-state index is 11.5. The Morgan fingerprint density at radius 1 is 0.600 bits per heavy atom. The van der Waals surface area contributed by atoms with Crippen LogP contribution in [0.3, 0.4) is 0 Å². The van der Waals surface area contributed by atoms with Crippen LogP contribution in [0.1, 0.15) is 156 Å². The zero-order valence-electron chi connectivity index (χ0n) is 20.8. The minimum absolute atomic E-state index is 0.151. The topological polar surface area (TPSA) is 46.5 Å². The number of hydrogen-bond donors (Lipinski definition) is 1. The number of carbonyl (C=O) groups is 1. The number of aliphatic hydroxyl groups excluding tert-OH is 1. The van der Waals surface area contributed by atoms with Gasteiger partial charge >= 0.3 is 5.97 Å². The smallest absolute Gasteiger partial charge is 0.335 e. The quantitative estimate of drug-likeness (QED) is 0.131. The SMILES string of the molecule is CCCCCCCCCCCCCCCCCCCCCCC(O)C(=O)OC(C)C. The Morgan fingerprint density at radius 3 is 1.20 bits per heavy atom. The van der Waals surface area contributed by atoms with Gasteiger partial charge in [-0.15, -0.1) is 0 Å². The summed E-state index contributed by atoms with van der Waals surface area (Å²) in [5.41, 5.74) is 0. The van der Waals surface area contributed by atoms with E-state index >= 15 is 0 Å². The summed E-state index contributed by atoms with van der Waals surface area (Å²) in [7, 11) is 0. The number of aliphatic hydroxyl groups is 1. The lowest BCUT2D eigenvalue weighted by molar-refractivity contribution is -0.157. The van der Waals surface area contributed by atoms with E-state index in [2.05, 4.69) is 6.92 Å². The fraction of sp³-hybridized carbons (Fsp3) is 0.963. The average molecular weight is 427 g/mol. The van der Waals surface area contributed by atoms with Crippen LogP contribution in [0.5, 0.6) is 0 Å². The zero-order chi connectivity index (χ0) is 22.3. The van der Waals surface area contributed by atoms with E-state index in [1.165, 1.54) is 116 Å². The molecule has 180 valence electrons. The monoisotopic (exact) mass is 426 g/mol. The summed E-state index contributed by atoms with van der Waals surface area (Å²) >= 11 is 0. The van der Waals surface area contributed by atoms with Gasteiger partial charge in [0.15, 0.2) is 6.10 Å². The molecule has 3 nitrogen and oxygen atoms in total. The van der Waals surface area contributed by atoms with Crippen molar-refractivity contribution in [2.45, 2.75) is 168 Å². The van der Waals surface area contributed by atoms with E-state index in [1.54, 1.807) is 0 Å². The molecular formula is C27H54O3. The minimum atomic E-state index is -0.942. The van der Waals surface area contributed by atoms with Gasteiger partial charge in [0, 0.05) is 0 Å². The lowest BCUT2D eigenvalue weighted by Crippen LogP contribution is -2.25. The van der Waals surface area contributed by atoms with Crippen molar-refractivity contribution in [2.75, 3.05) is 0 Å². The Morgan fingerprint density at radius 2 is 0.900 bits per heavy atom. The number of hydrogen-bond acceptors (Lipinski definition) is 3. The van der Waals surface area contributed by atoms with Gasteiger partial charge in [0.25, 0.3) is 0 Å². The van der Waals surface area contributed by atoms with Gasteiger partial charge in [0.1, 0.15) is 0 Å². The molecule has 0 saturated heterocycles. The van der Waals surface area contributed by atoms with Crippen molar-refractivity contribution in [3.63, 3.8) is 0 Å². The molecule has 0 heterocycles. The lowest BCUT2D eigenvalue weighted by Gasteiger charge is -2.12. The molecule has 0 rings (SSSR count). The predicted octanol–water partition coefficient (Wildman–Crippen LogP) is 8.51. The standard InChI is InChI=1S/C27H54O3/c1-4-5-6-7-8-9-10-11-12-13-14-15-16-17-18-19-20-21-22-23-24-26(28)27(29)30-25(2)3/h25-26,28H,4-24H2,1-3H3. The summed E-state index contributed by atoms with van der Waals surface area (Å²) < 4.78 is 5.02. The summed E-state index contributed by atoms with van der Waals surface area (Å²) in [6.45, 7) is 5.90. The van der Waals surface area contributed by atoms with Crippen LogP contribution in [0.25, 0.3) is 0 Å². The van der Waals surface area contributed by atoms with Crippen molar-refractivity contribution < 1.29 is 14.6 Å². The van der Waals surface area contributed by atoms with E-state index in [9.17, 15) is 9.90 Å². The van der Waals surface area contributed by atoms with Gasteiger partial charge in [-0.2, -0.15) is 0 Å². The second kappa shape index (κ2) is 23.1. The summed E-state index contributed by atoms with van der Waals surface area (Å²) in [6.07, 6.45) is 26.6. The molecule has 0 radical (unpaired) electrons. The van der Waals surface area contributed by atoms with E-state index in [4.69, 9.17) is 4.74 Å². The van der Waals surface area contributed by atoms with Gasteiger partial charge in [-0.05, 0) is 20.3 Å². The first-order valence-electron chi connectivity index (χ1n) is 13.5. The molecule has 0 aromatic heterocycles. The zero-order valence-corrected chi connectivity index (χ0v) is 20.8. The Bertz CT molecular complexity index is 354. The predicted molar refractivity (Wildman–Crippen MR) is 130 cm³/mol. The average Bonchev–Trinajstić information content (AvgIpc) is 2.71. The van der Waals surface area contributed by atoms with Gasteiger partial charge in [-0.25, -0.2) is 4.79 Å². The normalized spacial score (nSPS) is 12.4. The fourth-order valence-electron chi connectivity index (χ4n) is 4.02. The van der Waals surface area contributed by atoms with Crippen molar-refractivity contribution in [2.24, 2.45) is 0 Å². The fourth-order valence-corrected chi connectivity index (χ4v) is 4.02. The molecule has 0 spiro atoms. The molecule has 1 N–H and O–H groups in total. The first-order chi connectivity index (χ1) is 14.6. The first-order valence-corrected chi connectivity index (χ1v) is 13.5. The van der Waals surface area contributed by atoms with Crippen LogP contribution >= 0.6 is 0 Å². The van der Waals surface area contributed by atoms with Crippen molar-refractivity contribution >= 4 is 5.97 Å². The van der Waals surface area contributed by atoms with Crippen LogP contribution in [-0.2, 0) is 9.53 Å². The number of unbranched alkanes of at least 4 members (excludes halogenated alkanes) is 19. The Labute approximate surface area is 188 Å². The highest BCUT2D eigenvalue weighted by Gasteiger charge is 2.16. The van der Waals surface area contributed by atoms with Crippen molar-refractivity contribution in [1.82, 2.24) is 0 Å². The number of carbonyl (C=O) groups excluding carboxylic acids is 1. The van der Waals surface area contributed by atoms with Gasteiger partial charge in [-0.1, -0.05) is 135 Å². The summed E-state index contributed by atoms with van der Waals surface area (Å²) in [5.74, 6) is -0.470. The molecule has 1 unspecified atom stereocenters. The molecule has 0 bridgehead atoms. The second-order valence-electron chi connectivity index (χ2n) is 9.51. The Hall–Kier alpha value is -0.570. The van der Waals surface area contributed by atoms with Crippen molar-refractivity contribution in [3.05, 3.63) is 0 Å². The molecular weight excluding hydrogens is 372 g/mol. The molecule has 3 heteroatoms. The molecule has 0 aromatic rings. The van der Waals surface area contributed by atoms with Gasteiger partial charge in [0.05, 0.1) is 6.10 Å². The second-order valence-corrected chi connectivity index (χ2v) is 9.51. The van der Waals surface area contributed by atoms with Crippen LogP contribution in [-0.4, -0.2) is 23.3 Å². The molecule has 0 aliphatic heterocycles. The van der Waals surface area contributed by atoms with Gasteiger partial charge < -0.3 is 9.84 Å². The van der Waals surface area contributed by atoms with Crippen molar-refractivity contribution in [3.8, 4) is 0 Å². The highest BCUT2D eigenvalue weighted by molar-refractivity contribution is 5.74. The summed E-state index contributed by atoms with van der Waals surface area (Å²) in [5, 5.41) is 9.74. The molecule has 0 aliphatic carbocycles. The summed E-state index contributed by atoms with van der Waals surface area (Å²) in [4.78, 5) is 11.5. The molecule has 0 saturated carbocycles. The Kier molecular flexibility index (Phi) is 22.7. The first kappa shape index (κ1) is 29.4. The lowest BCUT2D eigenvalue weighted by atomic mass is 10.0. The number of esters is 1. The van der Waals surface area contributed by atoms with E-state index < -0.39 is 12.1 Å². The third-order valence-corrected chi connectivity index (χ3v) is 5.96. The molecule has 0 fully saturated rings. The van der Waals surface area contributed by atoms with E-state index in [0.29, 0.717) is 6.42 Å². The highest BCUT2D eigenvalue weighted by atomic mass is 16.6. The van der Waals surface area contributed by atoms with E-state index in [1.807, 2.05) is 13.8 Å². The molecule has 1 atom stereocenters. The van der Waals surface area contributed by atoms with Crippen LogP contribution in [0.15, 0.2) is 0 Å². The van der Waals surface area contributed by atoms with Crippen LogP contribution in [0.4, 0.5) is 0 Å². The van der Waals surface area contributed by atoms with Crippen LogP contribution in [0, 0.1) is 0 Å². The molecule has 30 heavy (non-hydrogen) atoms. The van der Waals surface area contributed by atoms with Crippen LogP contribution < -0.4 is 0 Å². The third-order valence-electron chi connectivity index (χ3n) is 5.96. The van der Waals surface area contributed by atoms with Gasteiger partial charge in [0.2, 0.25) is 0 Å². The third kappa shape index (κ3) is 22.1. The largest absolute Gasteiger partial charge is 0.461 e. The molecule has 0 aromatic carbocycles.